The molecule has 3 N–H and O–H groups in total. The minimum atomic E-state index is -0.780. The molecule has 106 valence electrons. The summed E-state index contributed by atoms with van der Waals surface area (Å²) < 4.78 is 0. The van der Waals surface area contributed by atoms with Gasteiger partial charge in [-0.3, -0.25) is 4.79 Å². The minimum Gasteiger partial charge on any atom is -0.481 e. The Kier molecular flexibility index (Phi) is 3.79. The molecule has 1 aromatic carbocycles. The summed E-state index contributed by atoms with van der Waals surface area (Å²) in [5.74, 6) is -0.780. The van der Waals surface area contributed by atoms with Crippen LogP contribution in [0.1, 0.15) is 25.3 Å². The number of hydrogen-bond donors (Lipinski definition) is 3. The van der Waals surface area contributed by atoms with Gasteiger partial charge in [0, 0.05) is 12.2 Å². The van der Waals surface area contributed by atoms with Crippen LogP contribution in [0.4, 0.5) is 10.5 Å². The molecule has 1 aliphatic rings. The van der Waals surface area contributed by atoms with Gasteiger partial charge < -0.3 is 15.7 Å². The summed E-state index contributed by atoms with van der Waals surface area (Å²) in [6, 6.07) is 6.66. The zero-order chi connectivity index (χ0) is 14.8. The van der Waals surface area contributed by atoms with Crippen LogP contribution < -0.4 is 10.6 Å². The Hall–Kier alpha value is -2.30. The Morgan fingerprint density at radius 3 is 2.35 bits per heavy atom. The molecule has 1 aromatic rings. The zero-order valence-corrected chi connectivity index (χ0v) is 11.4. The van der Waals surface area contributed by atoms with Gasteiger partial charge in [-0.1, -0.05) is 24.3 Å². The van der Waals surface area contributed by atoms with Crippen LogP contribution in [0.25, 0.3) is 0 Å². The first-order valence-electron chi connectivity index (χ1n) is 6.47. The monoisotopic (exact) mass is 274 g/mol. The largest absolute Gasteiger partial charge is 0.481 e. The Labute approximate surface area is 117 Å². The van der Waals surface area contributed by atoms with Gasteiger partial charge in [0.15, 0.2) is 0 Å². The predicted molar refractivity (Wildman–Crippen MR) is 76.8 cm³/mol. The number of carbonyl (C=O) groups excluding carboxylic acids is 1. The first-order chi connectivity index (χ1) is 9.44. The van der Waals surface area contributed by atoms with Crippen molar-refractivity contribution in [1.29, 1.82) is 0 Å². The number of amides is 2. The number of aliphatic carboxylic acids is 1. The van der Waals surface area contributed by atoms with Crippen molar-refractivity contribution in [2.75, 3.05) is 11.9 Å². The Morgan fingerprint density at radius 2 is 1.90 bits per heavy atom. The maximum Gasteiger partial charge on any atom is 0.319 e. The molecule has 0 heterocycles. The Bertz CT molecular complexity index is 545. The molecule has 2 rings (SSSR count). The van der Waals surface area contributed by atoms with Crippen molar-refractivity contribution in [3.05, 3.63) is 42.0 Å². The summed E-state index contributed by atoms with van der Waals surface area (Å²) in [5.41, 5.74) is 1.58. The normalized spacial score (nSPS) is 15.2. The average molecular weight is 274 g/mol. The fourth-order valence-corrected chi connectivity index (χ4v) is 2.03. The summed E-state index contributed by atoms with van der Waals surface area (Å²) in [4.78, 5) is 22.8. The maximum absolute atomic E-state index is 11.6. The molecule has 0 unspecified atom stereocenters. The minimum absolute atomic E-state index is 0.305. The smallest absolute Gasteiger partial charge is 0.319 e. The number of urea groups is 1. The number of anilines is 1. The molecule has 1 fully saturated rings. The third kappa shape index (κ3) is 2.99. The van der Waals surface area contributed by atoms with Gasteiger partial charge in [0.05, 0.1) is 5.41 Å². The molecular formula is C15H18N2O3. The standard InChI is InChI=1S/C15H18N2O3/c1-10(2)9-16-14(20)17-12-5-3-11(4-6-12)15(7-8-15)13(18)19/h3-6H,1,7-9H2,2H3,(H,18,19)(H2,16,17,20). The van der Waals surface area contributed by atoms with Crippen LogP contribution in [0.5, 0.6) is 0 Å². The van der Waals surface area contributed by atoms with Crippen LogP contribution in [-0.2, 0) is 10.2 Å². The molecule has 5 nitrogen and oxygen atoms in total. The summed E-state index contributed by atoms with van der Waals surface area (Å²) in [6.07, 6.45) is 1.35. The molecule has 0 bridgehead atoms. The molecule has 0 radical (unpaired) electrons. The first-order valence-corrected chi connectivity index (χ1v) is 6.47. The lowest BCUT2D eigenvalue weighted by Crippen LogP contribution is -2.29. The molecule has 0 aliphatic heterocycles. The maximum atomic E-state index is 11.6. The van der Waals surface area contributed by atoms with Gasteiger partial charge >= 0.3 is 12.0 Å². The predicted octanol–water partition coefficient (Wildman–Crippen LogP) is 2.50. The van der Waals surface area contributed by atoms with Crippen molar-refractivity contribution in [2.24, 2.45) is 0 Å². The SMILES string of the molecule is C=C(C)CNC(=O)Nc1ccc(C2(C(=O)O)CC2)cc1. The number of carbonyl (C=O) groups is 2. The van der Waals surface area contributed by atoms with E-state index >= 15 is 0 Å². The van der Waals surface area contributed by atoms with Gasteiger partial charge in [0.1, 0.15) is 0 Å². The van der Waals surface area contributed by atoms with E-state index in [9.17, 15) is 14.7 Å². The van der Waals surface area contributed by atoms with E-state index < -0.39 is 11.4 Å². The number of nitrogens with one attached hydrogen (secondary N) is 2. The third-order valence-corrected chi connectivity index (χ3v) is 3.41. The highest BCUT2D eigenvalue weighted by Crippen LogP contribution is 2.48. The lowest BCUT2D eigenvalue weighted by Gasteiger charge is -2.12. The van der Waals surface area contributed by atoms with Crippen LogP contribution in [0, 0.1) is 0 Å². The summed E-state index contributed by atoms with van der Waals surface area (Å²) in [5, 5.41) is 14.6. The number of benzene rings is 1. The van der Waals surface area contributed by atoms with E-state index in [-0.39, 0.29) is 6.03 Å². The second kappa shape index (κ2) is 5.36. The molecule has 0 atom stereocenters. The van der Waals surface area contributed by atoms with Crippen LogP contribution in [0.3, 0.4) is 0 Å². The third-order valence-electron chi connectivity index (χ3n) is 3.41. The van der Waals surface area contributed by atoms with E-state index in [1.54, 1.807) is 24.3 Å². The van der Waals surface area contributed by atoms with E-state index in [2.05, 4.69) is 17.2 Å². The summed E-state index contributed by atoms with van der Waals surface area (Å²) in [7, 11) is 0. The number of hydrogen-bond acceptors (Lipinski definition) is 2. The second-order valence-corrected chi connectivity index (χ2v) is 5.23. The molecular weight excluding hydrogens is 256 g/mol. The molecule has 0 aromatic heterocycles. The number of rotatable bonds is 5. The van der Waals surface area contributed by atoms with Crippen molar-refractivity contribution in [2.45, 2.75) is 25.2 Å². The first kappa shape index (κ1) is 14.1. The number of carboxylic acids is 1. The molecule has 5 heteroatoms. The zero-order valence-electron chi connectivity index (χ0n) is 11.4. The Morgan fingerprint density at radius 1 is 1.30 bits per heavy atom. The summed E-state index contributed by atoms with van der Waals surface area (Å²) >= 11 is 0. The highest BCUT2D eigenvalue weighted by atomic mass is 16.4. The van der Waals surface area contributed by atoms with E-state index in [0.29, 0.717) is 25.1 Å². The van der Waals surface area contributed by atoms with Crippen molar-refractivity contribution in [3.63, 3.8) is 0 Å². The van der Waals surface area contributed by atoms with Crippen LogP contribution in [-0.4, -0.2) is 23.7 Å². The Balaban J connectivity index is 1.97. The summed E-state index contributed by atoms with van der Waals surface area (Å²) in [6.45, 7) is 5.95. The van der Waals surface area contributed by atoms with Gasteiger partial charge in [0.2, 0.25) is 0 Å². The molecule has 0 saturated heterocycles. The average Bonchev–Trinajstić information content (AvgIpc) is 3.19. The van der Waals surface area contributed by atoms with Crippen molar-refractivity contribution in [3.8, 4) is 0 Å². The van der Waals surface area contributed by atoms with Crippen molar-refractivity contribution < 1.29 is 14.7 Å². The quantitative estimate of drug-likeness (QED) is 0.722. The van der Waals surface area contributed by atoms with Crippen LogP contribution in [0.15, 0.2) is 36.4 Å². The molecule has 0 spiro atoms. The molecule has 2 amide bonds. The van der Waals surface area contributed by atoms with Gasteiger partial charge in [0.25, 0.3) is 0 Å². The van der Waals surface area contributed by atoms with E-state index in [4.69, 9.17) is 0 Å². The highest BCUT2D eigenvalue weighted by Gasteiger charge is 2.51. The molecule has 1 saturated carbocycles. The highest BCUT2D eigenvalue weighted by molar-refractivity contribution is 5.90. The van der Waals surface area contributed by atoms with E-state index in [1.807, 2.05) is 6.92 Å². The van der Waals surface area contributed by atoms with E-state index in [0.717, 1.165) is 11.1 Å². The fraction of sp³-hybridized carbons (Fsp3) is 0.333. The van der Waals surface area contributed by atoms with Crippen molar-refractivity contribution >= 4 is 17.7 Å². The van der Waals surface area contributed by atoms with Gasteiger partial charge in [-0.2, -0.15) is 0 Å². The van der Waals surface area contributed by atoms with Crippen LogP contribution >= 0.6 is 0 Å². The van der Waals surface area contributed by atoms with Gasteiger partial charge in [-0.25, -0.2) is 4.79 Å². The van der Waals surface area contributed by atoms with Gasteiger partial charge in [-0.15, -0.1) is 0 Å². The molecule has 1 aliphatic carbocycles. The molecule has 20 heavy (non-hydrogen) atoms. The lowest BCUT2D eigenvalue weighted by molar-refractivity contribution is -0.140. The topological polar surface area (TPSA) is 78.4 Å². The van der Waals surface area contributed by atoms with E-state index in [1.165, 1.54) is 0 Å². The lowest BCUT2D eigenvalue weighted by atomic mass is 9.96. The second-order valence-electron chi connectivity index (χ2n) is 5.23. The van der Waals surface area contributed by atoms with Crippen LogP contribution in [0.2, 0.25) is 0 Å². The van der Waals surface area contributed by atoms with Crippen molar-refractivity contribution in [1.82, 2.24) is 5.32 Å². The fourth-order valence-electron chi connectivity index (χ4n) is 2.03. The van der Waals surface area contributed by atoms with Gasteiger partial charge in [-0.05, 0) is 37.5 Å². The number of carboxylic acid groups (broad SMARTS) is 1.